The summed E-state index contributed by atoms with van der Waals surface area (Å²) in [5, 5.41) is 2.86. The number of nitrogens with zero attached hydrogens (tertiary/aromatic N) is 4. The number of rotatable bonds is 10. The predicted molar refractivity (Wildman–Crippen MR) is 159 cm³/mol. The van der Waals surface area contributed by atoms with Crippen LogP contribution in [-0.4, -0.2) is 106 Å². The molecule has 4 rings (SSSR count). The minimum Gasteiger partial charge on any atom is -0.442 e. The summed E-state index contributed by atoms with van der Waals surface area (Å²) < 4.78 is 26.0. The molecule has 12 nitrogen and oxygen atoms in total. The number of carbonyl (C=O) groups is 5. The van der Waals surface area contributed by atoms with Crippen molar-refractivity contribution in [2.75, 3.05) is 69.8 Å². The Morgan fingerprint density at radius 1 is 1.17 bits per heavy atom. The Morgan fingerprint density at radius 3 is 2.57 bits per heavy atom. The van der Waals surface area contributed by atoms with Gasteiger partial charge in [-0.25, -0.2) is 9.18 Å². The maximum atomic E-state index is 15.1. The zero-order valence-electron chi connectivity index (χ0n) is 22.8. The first-order valence-corrected chi connectivity index (χ1v) is 13.9. The smallest absolute Gasteiger partial charge is 0.414 e. The molecule has 1 aromatic carbocycles. The summed E-state index contributed by atoms with van der Waals surface area (Å²) in [6.07, 6.45) is -1.67. The first-order chi connectivity index (χ1) is 19.6. The molecule has 2 saturated heterocycles. The van der Waals surface area contributed by atoms with Crippen molar-refractivity contribution in [3.05, 3.63) is 45.4 Å². The van der Waals surface area contributed by atoms with Crippen molar-refractivity contribution in [2.24, 2.45) is 0 Å². The second-order valence-corrected chi connectivity index (χ2v) is 11.1. The van der Waals surface area contributed by atoms with E-state index in [1.54, 1.807) is 7.05 Å². The van der Waals surface area contributed by atoms with E-state index < -0.39 is 29.8 Å². The highest BCUT2D eigenvalue weighted by Crippen LogP contribution is 2.30. The molecule has 5 amide bonds. The molecule has 0 radical (unpaired) electrons. The molecule has 1 aromatic heterocycles. The van der Waals surface area contributed by atoms with Crippen LogP contribution in [0.3, 0.4) is 0 Å². The van der Waals surface area contributed by atoms with Crippen molar-refractivity contribution >= 4 is 81.0 Å². The van der Waals surface area contributed by atoms with Crippen molar-refractivity contribution in [2.45, 2.75) is 12.5 Å². The lowest BCUT2D eigenvalue weighted by Gasteiger charge is -2.27. The van der Waals surface area contributed by atoms with E-state index in [2.05, 4.69) is 5.32 Å². The minimum absolute atomic E-state index is 0. The molecule has 42 heavy (non-hydrogen) atoms. The van der Waals surface area contributed by atoms with E-state index in [9.17, 15) is 24.0 Å². The lowest BCUT2D eigenvalue weighted by Crippen LogP contribution is -2.47. The van der Waals surface area contributed by atoms with Crippen molar-refractivity contribution in [3.8, 4) is 0 Å². The molecule has 0 saturated carbocycles. The van der Waals surface area contributed by atoms with Crippen LogP contribution in [0.5, 0.6) is 0 Å². The van der Waals surface area contributed by atoms with E-state index in [-0.39, 0.29) is 78.6 Å². The molecule has 2 aromatic rings. The maximum Gasteiger partial charge on any atom is 0.414 e. The highest BCUT2D eigenvalue weighted by atomic mass is 79.9. The van der Waals surface area contributed by atoms with E-state index in [1.165, 1.54) is 41.1 Å². The average molecular weight is 691 g/mol. The first-order valence-electron chi connectivity index (χ1n) is 12.7. The zero-order chi connectivity index (χ0) is 29.7. The molecule has 2 aliphatic heterocycles. The van der Waals surface area contributed by atoms with Crippen LogP contribution >= 0.6 is 39.9 Å². The SMILES string of the molecule is Br.CNCCC(=O)N(C)CC(=O)N(C[C@H]1CN(c2ccc(N3CCOCC3=O)cc2F)C(=O)O1)C(=O)c1ccc(Cl)s1. The van der Waals surface area contributed by atoms with Crippen LogP contribution in [0, 0.1) is 5.82 Å². The summed E-state index contributed by atoms with van der Waals surface area (Å²) in [5.74, 6) is -2.70. The lowest BCUT2D eigenvalue weighted by atomic mass is 10.2. The van der Waals surface area contributed by atoms with Gasteiger partial charge in [-0.2, -0.15) is 0 Å². The third kappa shape index (κ3) is 7.83. The summed E-state index contributed by atoms with van der Waals surface area (Å²) in [5.41, 5.74) is 0.250. The van der Waals surface area contributed by atoms with Crippen molar-refractivity contribution < 1.29 is 37.8 Å². The molecule has 1 atom stereocenters. The topological polar surface area (TPSA) is 129 Å². The molecule has 228 valence electrons. The molecule has 2 fully saturated rings. The number of benzene rings is 1. The van der Waals surface area contributed by atoms with Crippen LogP contribution in [0.2, 0.25) is 4.34 Å². The van der Waals surface area contributed by atoms with Crippen LogP contribution in [0.25, 0.3) is 0 Å². The number of anilines is 2. The van der Waals surface area contributed by atoms with Gasteiger partial charge in [0.05, 0.1) is 41.1 Å². The van der Waals surface area contributed by atoms with E-state index in [0.29, 0.717) is 23.2 Å². The fraction of sp³-hybridized carbons (Fsp3) is 0.423. The first kappa shape index (κ1) is 33.4. The molecule has 0 bridgehead atoms. The van der Waals surface area contributed by atoms with Gasteiger partial charge in [0.2, 0.25) is 11.8 Å². The number of carbonyl (C=O) groups excluding carboxylic acids is 5. The van der Waals surface area contributed by atoms with Crippen LogP contribution < -0.4 is 15.1 Å². The van der Waals surface area contributed by atoms with E-state index in [0.717, 1.165) is 27.2 Å². The summed E-state index contributed by atoms with van der Waals surface area (Å²) in [4.78, 5) is 68.5. The van der Waals surface area contributed by atoms with E-state index in [4.69, 9.17) is 21.1 Å². The van der Waals surface area contributed by atoms with Gasteiger partial charge < -0.3 is 24.6 Å². The van der Waals surface area contributed by atoms with Gasteiger partial charge in [-0.1, -0.05) is 11.6 Å². The normalized spacial score (nSPS) is 16.6. The van der Waals surface area contributed by atoms with Gasteiger partial charge in [-0.3, -0.25) is 29.0 Å². The number of halogens is 3. The Bertz CT molecular complexity index is 1350. The summed E-state index contributed by atoms with van der Waals surface area (Å²) in [7, 11) is 3.15. The second-order valence-electron chi connectivity index (χ2n) is 9.37. The third-order valence-electron chi connectivity index (χ3n) is 6.50. The largest absolute Gasteiger partial charge is 0.442 e. The van der Waals surface area contributed by atoms with Gasteiger partial charge in [-0.15, -0.1) is 28.3 Å². The Hall–Kier alpha value is -3.11. The van der Waals surface area contributed by atoms with Crippen LogP contribution in [-0.2, 0) is 23.9 Å². The van der Waals surface area contributed by atoms with Crippen LogP contribution in [0.4, 0.5) is 20.6 Å². The Labute approximate surface area is 261 Å². The van der Waals surface area contributed by atoms with Gasteiger partial charge in [0, 0.05) is 32.2 Å². The number of amides is 5. The van der Waals surface area contributed by atoms with Gasteiger partial charge in [-0.05, 0) is 37.4 Å². The van der Waals surface area contributed by atoms with Crippen LogP contribution in [0.1, 0.15) is 16.1 Å². The summed E-state index contributed by atoms with van der Waals surface area (Å²) >= 11 is 6.97. The zero-order valence-corrected chi connectivity index (χ0v) is 26.1. The highest BCUT2D eigenvalue weighted by Gasteiger charge is 2.38. The third-order valence-corrected chi connectivity index (χ3v) is 7.72. The Kier molecular flexibility index (Phi) is 11.8. The molecule has 16 heteroatoms. The second kappa shape index (κ2) is 14.9. The number of hydrogen-bond donors (Lipinski definition) is 1. The summed E-state index contributed by atoms with van der Waals surface area (Å²) in [6.45, 7) is 0.0571. The van der Waals surface area contributed by atoms with Crippen molar-refractivity contribution in [1.82, 2.24) is 15.1 Å². The van der Waals surface area contributed by atoms with Crippen molar-refractivity contribution in [3.63, 3.8) is 0 Å². The van der Waals surface area contributed by atoms with Gasteiger partial charge in [0.25, 0.3) is 11.8 Å². The lowest BCUT2D eigenvalue weighted by molar-refractivity contribution is -0.138. The number of cyclic esters (lactones) is 1. The quantitative estimate of drug-likeness (QED) is 0.403. The predicted octanol–water partition coefficient (Wildman–Crippen LogP) is 2.54. The number of hydrogen-bond acceptors (Lipinski definition) is 9. The van der Waals surface area contributed by atoms with E-state index >= 15 is 4.39 Å². The fourth-order valence-electron chi connectivity index (χ4n) is 4.35. The molecule has 3 heterocycles. The number of imide groups is 1. The van der Waals surface area contributed by atoms with E-state index in [1.807, 2.05) is 0 Å². The maximum absolute atomic E-state index is 15.1. The number of likely N-dealkylation sites (N-methyl/N-ethyl adjacent to an activating group) is 1. The average Bonchev–Trinajstić information content (AvgIpc) is 3.54. The van der Waals surface area contributed by atoms with Gasteiger partial charge in [0.15, 0.2) is 0 Å². The number of morpholine rings is 1. The minimum atomic E-state index is -0.976. The Balaban J connectivity index is 0.00000484. The van der Waals surface area contributed by atoms with Gasteiger partial charge in [0.1, 0.15) is 18.5 Å². The molecular weight excluding hydrogens is 661 g/mol. The number of nitrogens with one attached hydrogen (secondary N) is 1. The highest BCUT2D eigenvalue weighted by molar-refractivity contribution is 8.93. The number of thiophene rings is 1. The molecule has 0 spiro atoms. The van der Waals surface area contributed by atoms with Crippen LogP contribution in [0.15, 0.2) is 30.3 Å². The fourth-order valence-corrected chi connectivity index (χ4v) is 5.34. The molecule has 1 N–H and O–H groups in total. The molecule has 0 aliphatic carbocycles. The molecular formula is C26H30BrClFN5O7S. The standard InChI is InChI=1S/C26H29ClFN5O7S.BrH/c1-29-8-7-22(34)30(2)14-23(35)33(25(37)20-5-6-21(27)41-20)13-17-12-32(26(38)40-17)19-4-3-16(11-18(19)28)31-9-10-39-15-24(31)36;/h3-6,11,17,29H,7-10,12-15H2,1-2H3;1H/t17-;/m1./s1. The molecule has 0 unspecified atom stereocenters. The Morgan fingerprint density at radius 2 is 1.93 bits per heavy atom. The number of ether oxygens (including phenoxy) is 2. The van der Waals surface area contributed by atoms with Gasteiger partial charge >= 0.3 is 6.09 Å². The summed E-state index contributed by atoms with van der Waals surface area (Å²) in [6, 6.07) is 7.03. The van der Waals surface area contributed by atoms with Crippen molar-refractivity contribution in [1.29, 1.82) is 0 Å². The monoisotopic (exact) mass is 689 g/mol. The molecule has 2 aliphatic rings.